The van der Waals surface area contributed by atoms with Crippen LogP contribution >= 0.6 is 11.9 Å². The summed E-state index contributed by atoms with van der Waals surface area (Å²) >= 11 is 1.45. The van der Waals surface area contributed by atoms with Crippen LogP contribution in [0.25, 0.3) is 0 Å². The van der Waals surface area contributed by atoms with E-state index in [1.54, 1.807) is 6.07 Å². The Morgan fingerprint density at radius 3 is 2.39 bits per heavy atom. The summed E-state index contributed by atoms with van der Waals surface area (Å²) < 4.78 is 8.63. The van der Waals surface area contributed by atoms with Gasteiger partial charge in [-0.2, -0.15) is 0 Å². The molecule has 0 radical (unpaired) electrons. The van der Waals surface area contributed by atoms with E-state index in [4.69, 9.17) is 21.9 Å². The van der Waals surface area contributed by atoms with Crippen LogP contribution in [0.5, 0.6) is 0 Å². The van der Waals surface area contributed by atoms with Crippen molar-refractivity contribution in [3.63, 3.8) is 0 Å². The summed E-state index contributed by atoms with van der Waals surface area (Å²) in [5, 5.41) is 0. The van der Waals surface area contributed by atoms with E-state index in [-0.39, 0.29) is 0 Å². The number of hydrogen-bond donors (Lipinski definition) is 4. The van der Waals surface area contributed by atoms with Crippen LogP contribution in [-0.4, -0.2) is 26.3 Å². The molecule has 0 saturated carbocycles. The number of nitrogen functional groups attached to an aromatic ring is 3. The van der Waals surface area contributed by atoms with Gasteiger partial charge in [0.25, 0.3) is 0 Å². The molecule has 7 N–H and O–H groups in total. The van der Waals surface area contributed by atoms with Gasteiger partial charge in [-0.1, -0.05) is 0 Å². The first kappa shape index (κ1) is 15.6. The number of nitrogens with one attached hydrogen (secondary N) is 1. The summed E-state index contributed by atoms with van der Waals surface area (Å²) in [4.78, 5) is 3.26. The molecule has 0 bridgehead atoms. The number of anilines is 5. The molecule has 122 valence electrons. The van der Waals surface area contributed by atoms with E-state index in [1.807, 2.05) is 24.3 Å². The second kappa shape index (κ2) is 6.89. The zero-order valence-corrected chi connectivity index (χ0v) is 13.6. The predicted molar refractivity (Wildman–Crippen MR) is 98.6 cm³/mol. The normalized spacial score (nSPS) is 14.7. The van der Waals surface area contributed by atoms with E-state index in [9.17, 15) is 0 Å². The van der Waals surface area contributed by atoms with Crippen molar-refractivity contribution in [2.75, 3.05) is 53.1 Å². The summed E-state index contributed by atoms with van der Waals surface area (Å²) in [5.74, 6) is 0. The minimum Gasteiger partial charge on any atom is -0.397 e. The van der Waals surface area contributed by atoms with Gasteiger partial charge in [0.2, 0.25) is 0 Å². The first-order valence-electron chi connectivity index (χ1n) is 7.43. The predicted octanol–water partition coefficient (Wildman–Crippen LogP) is 2.39. The number of nitrogens with two attached hydrogens (primary N) is 3. The number of hydrogen-bond acceptors (Lipinski definition) is 7. The van der Waals surface area contributed by atoms with Gasteiger partial charge in [-0.05, 0) is 48.3 Å². The maximum atomic E-state index is 6.17. The molecule has 6 nitrogen and oxygen atoms in total. The van der Waals surface area contributed by atoms with Crippen LogP contribution in [0.4, 0.5) is 28.4 Å². The van der Waals surface area contributed by atoms with E-state index < -0.39 is 0 Å². The first-order chi connectivity index (χ1) is 11.1. The Kier molecular flexibility index (Phi) is 4.68. The number of nitrogens with zero attached hydrogens (tertiary/aromatic N) is 1. The smallest absolute Gasteiger partial charge is 0.0677 e. The largest absolute Gasteiger partial charge is 0.397 e. The summed E-state index contributed by atoms with van der Waals surface area (Å²) in [6.07, 6.45) is 0. The molecule has 1 fully saturated rings. The van der Waals surface area contributed by atoms with Crippen molar-refractivity contribution in [3.8, 4) is 0 Å². The van der Waals surface area contributed by atoms with E-state index in [0.717, 1.165) is 42.6 Å². The molecule has 0 amide bonds. The number of benzene rings is 2. The topological polar surface area (TPSA) is 103 Å². The second-order valence-corrected chi connectivity index (χ2v) is 6.25. The van der Waals surface area contributed by atoms with Gasteiger partial charge in [0.15, 0.2) is 0 Å². The lowest BCUT2D eigenvalue weighted by Crippen LogP contribution is -2.36. The molecule has 3 rings (SSSR count). The highest BCUT2D eigenvalue weighted by molar-refractivity contribution is 8.00. The highest BCUT2D eigenvalue weighted by Crippen LogP contribution is 2.31. The lowest BCUT2D eigenvalue weighted by molar-refractivity contribution is 0.122. The molecule has 0 spiro atoms. The van der Waals surface area contributed by atoms with Crippen molar-refractivity contribution in [3.05, 3.63) is 36.4 Å². The van der Waals surface area contributed by atoms with E-state index >= 15 is 0 Å². The monoisotopic (exact) mass is 331 g/mol. The molecule has 23 heavy (non-hydrogen) atoms. The molecule has 0 aliphatic carbocycles. The minimum absolute atomic E-state index is 0.576. The lowest BCUT2D eigenvalue weighted by Gasteiger charge is -2.29. The molecule has 2 aromatic rings. The average Bonchev–Trinajstić information content (AvgIpc) is 2.57. The Labute approximate surface area is 140 Å². The fourth-order valence-electron chi connectivity index (χ4n) is 2.39. The summed E-state index contributed by atoms with van der Waals surface area (Å²) in [5.41, 5.74) is 21.6. The van der Waals surface area contributed by atoms with Crippen molar-refractivity contribution < 1.29 is 4.74 Å². The molecule has 1 aliphatic heterocycles. The minimum atomic E-state index is 0.576. The molecule has 1 saturated heterocycles. The fraction of sp³-hybridized carbons (Fsp3) is 0.250. The fourth-order valence-corrected chi connectivity index (χ4v) is 3.13. The molecule has 0 atom stereocenters. The van der Waals surface area contributed by atoms with Crippen molar-refractivity contribution in [2.24, 2.45) is 0 Å². The van der Waals surface area contributed by atoms with Gasteiger partial charge in [0, 0.05) is 23.7 Å². The highest BCUT2D eigenvalue weighted by atomic mass is 32.2. The number of morpholine rings is 1. The molecule has 2 aromatic carbocycles. The van der Waals surface area contributed by atoms with Crippen LogP contribution in [-0.2, 0) is 4.74 Å². The van der Waals surface area contributed by atoms with Crippen LogP contribution in [0, 0.1) is 0 Å². The van der Waals surface area contributed by atoms with E-state index in [0.29, 0.717) is 17.1 Å². The molecule has 0 aromatic heterocycles. The standard InChI is InChI=1S/C16H21N5OS/c17-13-3-2-12(10-14(13)18)23-20-16-4-1-11(9-15(16)19)21-5-7-22-8-6-21/h1-4,9-10,20H,5-8,17-19H2. The molecular weight excluding hydrogens is 310 g/mol. The second-order valence-electron chi connectivity index (χ2n) is 5.37. The first-order valence-corrected chi connectivity index (χ1v) is 8.25. The number of rotatable bonds is 4. The Morgan fingerprint density at radius 1 is 0.913 bits per heavy atom. The maximum absolute atomic E-state index is 6.17. The zero-order valence-electron chi connectivity index (χ0n) is 12.8. The van der Waals surface area contributed by atoms with Crippen molar-refractivity contribution in [2.45, 2.75) is 4.90 Å². The van der Waals surface area contributed by atoms with Gasteiger partial charge in [-0.3, -0.25) is 0 Å². The van der Waals surface area contributed by atoms with Gasteiger partial charge in [0.05, 0.1) is 36.0 Å². The molecular formula is C16H21N5OS. The van der Waals surface area contributed by atoms with Gasteiger partial charge in [0.1, 0.15) is 0 Å². The van der Waals surface area contributed by atoms with Crippen molar-refractivity contribution in [1.82, 2.24) is 0 Å². The molecule has 7 heteroatoms. The summed E-state index contributed by atoms with van der Waals surface area (Å²) in [6, 6.07) is 11.6. The van der Waals surface area contributed by atoms with Gasteiger partial charge < -0.3 is 31.6 Å². The summed E-state index contributed by atoms with van der Waals surface area (Å²) in [7, 11) is 0. The van der Waals surface area contributed by atoms with Crippen molar-refractivity contribution >= 4 is 40.4 Å². The Hall–Kier alpha value is -2.25. The van der Waals surface area contributed by atoms with Crippen molar-refractivity contribution in [1.29, 1.82) is 0 Å². The molecule has 1 aliphatic rings. The Bertz CT molecular complexity index is 688. The van der Waals surface area contributed by atoms with E-state index in [2.05, 4.69) is 15.7 Å². The zero-order chi connectivity index (χ0) is 16.2. The SMILES string of the molecule is Nc1ccc(SNc2ccc(N3CCOCC3)cc2N)cc1N. The number of ether oxygens (including phenoxy) is 1. The third-order valence-electron chi connectivity index (χ3n) is 3.75. The van der Waals surface area contributed by atoms with Gasteiger partial charge in [-0.15, -0.1) is 0 Å². The molecule has 1 heterocycles. The van der Waals surface area contributed by atoms with Crippen LogP contribution in [0.15, 0.2) is 41.3 Å². The third-order valence-corrected chi connectivity index (χ3v) is 4.56. The quantitative estimate of drug-likeness (QED) is 0.504. The van der Waals surface area contributed by atoms with Crippen LogP contribution in [0.2, 0.25) is 0 Å². The molecule has 0 unspecified atom stereocenters. The highest BCUT2D eigenvalue weighted by Gasteiger charge is 2.12. The van der Waals surface area contributed by atoms with E-state index in [1.165, 1.54) is 11.9 Å². The van der Waals surface area contributed by atoms with Crippen LogP contribution in [0.1, 0.15) is 0 Å². The maximum Gasteiger partial charge on any atom is 0.0677 e. The summed E-state index contributed by atoms with van der Waals surface area (Å²) in [6.45, 7) is 3.31. The average molecular weight is 331 g/mol. The van der Waals surface area contributed by atoms with Crippen LogP contribution < -0.4 is 26.8 Å². The Morgan fingerprint density at radius 2 is 1.70 bits per heavy atom. The van der Waals surface area contributed by atoms with Gasteiger partial charge >= 0.3 is 0 Å². The van der Waals surface area contributed by atoms with Crippen LogP contribution in [0.3, 0.4) is 0 Å². The lowest BCUT2D eigenvalue weighted by atomic mass is 10.2. The van der Waals surface area contributed by atoms with Gasteiger partial charge in [-0.25, -0.2) is 0 Å². The third kappa shape index (κ3) is 3.75. The Balaban J connectivity index is 1.67.